The second kappa shape index (κ2) is 4.73. The van der Waals surface area contributed by atoms with E-state index in [1.165, 1.54) is 18.6 Å². The maximum Gasteiger partial charge on any atom is 0.126 e. The summed E-state index contributed by atoms with van der Waals surface area (Å²) in [4.78, 5) is 0. The van der Waals surface area contributed by atoms with Gasteiger partial charge in [-0.2, -0.15) is 0 Å². The number of rotatable bonds is 2. The summed E-state index contributed by atoms with van der Waals surface area (Å²) < 4.78 is 26.5. The first-order valence-electron chi connectivity index (χ1n) is 6.29. The number of hydrogen-bond donors (Lipinski definition) is 1. The molecule has 2 rings (SSSR count). The van der Waals surface area contributed by atoms with Crippen LogP contribution in [0.1, 0.15) is 44.6 Å². The molecule has 0 aromatic heterocycles. The fraction of sp³-hybridized carbons (Fsp3) is 0.571. The third-order valence-electron chi connectivity index (χ3n) is 3.90. The standard InChI is InChI=1S/C14H19F2N/c1-2-10-4-3-5-14(17,9-10)11-6-12(15)8-13(16)7-11/h6-8,10H,2-5,9,17H2,1H3. The number of nitrogens with two attached hydrogens (primary N) is 1. The van der Waals surface area contributed by atoms with Crippen molar-refractivity contribution in [2.45, 2.75) is 44.6 Å². The van der Waals surface area contributed by atoms with Gasteiger partial charge in [0.25, 0.3) is 0 Å². The zero-order valence-corrected chi connectivity index (χ0v) is 10.2. The molecule has 0 amide bonds. The summed E-state index contributed by atoms with van der Waals surface area (Å²) in [6, 6.07) is 3.65. The van der Waals surface area contributed by atoms with Crippen LogP contribution in [0.5, 0.6) is 0 Å². The molecule has 3 heteroatoms. The molecule has 94 valence electrons. The first kappa shape index (κ1) is 12.5. The number of hydrogen-bond acceptors (Lipinski definition) is 1. The summed E-state index contributed by atoms with van der Waals surface area (Å²) in [6.45, 7) is 2.14. The van der Waals surface area contributed by atoms with Crippen LogP contribution in [0.3, 0.4) is 0 Å². The predicted molar refractivity (Wildman–Crippen MR) is 64.5 cm³/mol. The van der Waals surface area contributed by atoms with Gasteiger partial charge in [-0.05, 0) is 36.5 Å². The van der Waals surface area contributed by atoms with Gasteiger partial charge in [-0.15, -0.1) is 0 Å². The highest BCUT2D eigenvalue weighted by Gasteiger charge is 2.34. The van der Waals surface area contributed by atoms with Crippen LogP contribution in [-0.2, 0) is 5.54 Å². The molecule has 0 aliphatic heterocycles. The number of halogens is 2. The van der Waals surface area contributed by atoms with Crippen LogP contribution in [0.4, 0.5) is 8.78 Å². The van der Waals surface area contributed by atoms with Crippen LogP contribution < -0.4 is 5.73 Å². The molecule has 1 nitrogen and oxygen atoms in total. The molecule has 0 radical (unpaired) electrons. The van der Waals surface area contributed by atoms with Crippen molar-refractivity contribution in [1.82, 2.24) is 0 Å². The van der Waals surface area contributed by atoms with E-state index in [2.05, 4.69) is 6.92 Å². The van der Waals surface area contributed by atoms with Crippen LogP contribution in [0.15, 0.2) is 18.2 Å². The van der Waals surface area contributed by atoms with E-state index in [4.69, 9.17) is 5.73 Å². The SMILES string of the molecule is CCC1CCCC(N)(c2cc(F)cc(F)c2)C1. The van der Waals surface area contributed by atoms with E-state index in [1.807, 2.05) is 0 Å². The van der Waals surface area contributed by atoms with Gasteiger partial charge in [-0.25, -0.2) is 8.78 Å². The molecule has 2 unspecified atom stereocenters. The predicted octanol–water partition coefficient (Wildman–Crippen LogP) is 3.72. The molecule has 0 saturated heterocycles. The van der Waals surface area contributed by atoms with Crippen molar-refractivity contribution < 1.29 is 8.78 Å². The third kappa shape index (κ3) is 2.65. The van der Waals surface area contributed by atoms with Gasteiger partial charge < -0.3 is 5.73 Å². The van der Waals surface area contributed by atoms with Crippen LogP contribution in [0, 0.1) is 17.6 Å². The van der Waals surface area contributed by atoms with Crippen LogP contribution >= 0.6 is 0 Å². The molecule has 1 aliphatic carbocycles. The lowest BCUT2D eigenvalue weighted by Gasteiger charge is -2.38. The lowest BCUT2D eigenvalue weighted by molar-refractivity contribution is 0.220. The topological polar surface area (TPSA) is 26.0 Å². The zero-order chi connectivity index (χ0) is 12.5. The minimum absolute atomic E-state index is 0.538. The van der Waals surface area contributed by atoms with Gasteiger partial charge >= 0.3 is 0 Å². The zero-order valence-electron chi connectivity index (χ0n) is 10.2. The smallest absolute Gasteiger partial charge is 0.126 e. The van der Waals surface area contributed by atoms with Gasteiger partial charge in [-0.1, -0.05) is 26.2 Å². The molecular weight excluding hydrogens is 220 g/mol. The second-order valence-electron chi connectivity index (χ2n) is 5.18. The van der Waals surface area contributed by atoms with E-state index in [9.17, 15) is 8.78 Å². The molecule has 1 aromatic rings. The molecule has 0 heterocycles. The van der Waals surface area contributed by atoms with Crippen molar-refractivity contribution in [1.29, 1.82) is 0 Å². The minimum Gasteiger partial charge on any atom is -0.321 e. The molecular formula is C14H19F2N. The highest BCUT2D eigenvalue weighted by Crippen LogP contribution is 2.39. The Labute approximate surface area is 101 Å². The summed E-state index contributed by atoms with van der Waals surface area (Å²) in [5.74, 6) is -0.507. The van der Waals surface area contributed by atoms with Gasteiger partial charge in [0.15, 0.2) is 0 Å². The highest BCUT2D eigenvalue weighted by atomic mass is 19.1. The van der Waals surface area contributed by atoms with E-state index >= 15 is 0 Å². The van der Waals surface area contributed by atoms with Gasteiger partial charge in [0, 0.05) is 11.6 Å². The lowest BCUT2D eigenvalue weighted by Crippen LogP contribution is -2.41. The Morgan fingerprint density at radius 1 is 1.29 bits per heavy atom. The average molecular weight is 239 g/mol. The fourth-order valence-electron chi connectivity index (χ4n) is 2.88. The molecule has 0 spiro atoms. The lowest BCUT2D eigenvalue weighted by atomic mass is 9.72. The molecule has 1 aromatic carbocycles. The van der Waals surface area contributed by atoms with Gasteiger partial charge in [-0.3, -0.25) is 0 Å². The number of benzene rings is 1. The largest absolute Gasteiger partial charge is 0.321 e. The Balaban J connectivity index is 2.30. The summed E-state index contributed by atoms with van der Waals surface area (Å²) in [7, 11) is 0. The second-order valence-corrected chi connectivity index (χ2v) is 5.18. The maximum atomic E-state index is 13.2. The van der Waals surface area contributed by atoms with E-state index in [-0.39, 0.29) is 0 Å². The Hall–Kier alpha value is -0.960. The molecule has 1 fully saturated rings. The van der Waals surface area contributed by atoms with E-state index in [0.29, 0.717) is 11.5 Å². The molecule has 2 N–H and O–H groups in total. The van der Waals surface area contributed by atoms with Gasteiger partial charge in [0.05, 0.1) is 0 Å². The third-order valence-corrected chi connectivity index (χ3v) is 3.90. The van der Waals surface area contributed by atoms with Crippen LogP contribution in [-0.4, -0.2) is 0 Å². The van der Waals surface area contributed by atoms with Gasteiger partial charge in [0.2, 0.25) is 0 Å². The highest BCUT2D eigenvalue weighted by molar-refractivity contribution is 5.26. The van der Waals surface area contributed by atoms with Crippen molar-refractivity contribution in [3.05, 3.63) is 35.4 Å². The minimum atomic E-state index is -0.554. The Morgan fingerprint density at radius 3 is 2.53 bits per heavy atom. The van der Waals surface area contributed by atoms with Crippen LogP contribution in [0.2, 0.25) is 0 Å². The molecule has 17 heavy (non-hydrogen) atoms. The summed E-state index contributed by atoms with van der Waals surface area (Å²) in [5, 5.41) is 0. The van der Waals surface area contributed by atoms with E-state index in [0.717, 1.165) is 31.7 Å². The van der Waals surface area contributed by atoms with Crippen molar-refractivity contribution >= 4 is 0 Å². The maximum absolute atomic E-state index is 13.2. The van der Waals surface area contributed by atoms with Crippen molar-refractivity contribution in [2.24, 2.45) is 11.7 Å². The van der Waals surface area contributed by atoms with Crippen molar-refractivity contribution in [3.63, 3.8) is 0 Å². The molecule has 1 saturated carbocycles. The van der Waals surface area contributed by atoms with Gasteiger partial charge in [0.1, 0.15) is 11.6 Å². The van der Waals surface area contributed by atoms with E-state index in [1.54, 1.807) is 0 Å². The van der Waals surface area contributed by atoms with Crippen LogP contribution in [0.25, 0.3) is 0 Å². The first-order chi connectivity index (χ1) is 8.03. The van der Waals surface area contributed by atoms with Crippen molar-refractivity contribution in [2.75, 3.05) is 0 Å². The molecule has 1 aliphatic rings. The normalized spacial score (nSPS) is 29.3. The Morgan fingerprint density at radius 2 is 1.94 bits per heavy atom. The Bertz CT molecular complexity index is 385. The summed E-state index contributed by atoms with van der Waals surface area (Å²) >= 11 is 0. The summed E-state index contributed by atoms with van der Waals surface area (Å²) in [6.07, 6.45) is 4.93. The van der Waals surface area contributed by atoms with E-state index < -0.39 is 17.2 Å². The first-order valence-corrected chi connectivity index (χ1v) is 6.29. The average Bonchev–Trinajstić information content (AvgIpc) is 2.28. The fourth-order valence-corrected chi connectivity index (χ4v) is 2.88. The monoisotopic (exact) mass is 239 g/mol. The van der Waals surface area contributed by atoms with Crippen molar-refractivity contribution in [3.8, 4) is 0 Å². The molecule has 2 atom stereocenters. The summed E-state index contributed by atoms with van der Waals surface area (Å²) in [5.41, 5.74) is 6.40. The Kier molecular flexibility index (Phi) is 3.48. The molecule has 0 bridgehead atoms. The quantitative estimate of drug-likeness (QED) is 0.836.